The standard InChI is InChI=1S/C19H19NS/c1-3-19(2,14-13-15-9-5-4-6-10-15)18-20-16-11-7-8-12-17(16)21-18/h3-12H,1,13-14H2,2H3/t19-/m0/s1. The van der Waals surface area contributed by atoms with Gasteiger partial charge < -0.3 is 0 Å². The van der Waals surface area contributed by atoms with Crippen molar-refractivity contribution in [2.45, 2.75) is 25.2 Å². The van der Waals surface area contributed by atoms with Gasteiger partial charge in [-0.2, -0.15) is 0 Å². The van der Waals surface area contributed by atoms with Crippen LogP contribution in [-0.2, 0) is 11.8 Å². The van der Waals surface area contributed by atoms with Crippen molar-refractivity contribution in [2.75, 3.05) is 0 Å². The Balaban J connectivity index is 1.86. The Hall–Kier alpha value is -1.93. The fourth-order valence-corrected chi connectivity index (χ4v) is 3.60. The van der Waals surface area contributed by atoms with Gasteiger partial charge in [0.05, 0.1) is 10.2 Å². The molecule has 1 aromatic heterocycles. The molecule has 0 unspecified atom stereocenters. The van der Waals surface area contributed by atoms with Crippen molar-refractivity contribution < 1.29 is 0 Å². The highest BCUT2D eigenvalue weighted by Crippen LogP contribution is 2.35. The summed E-state index contributed by atoms with van der Waals surface area (Å²) in [5.41, 5.74) is 2.39. The molecule has 1 heterocycles. The van der Waals surface area contributed by atoms with Crippen molar-refractivity contribution in [3.63, 3.8) is 0 Å². The smallest absolute Gasteiger partial charge is 0.103 e. The first-order valence-corrected chi connectivity index (χ1v) is 8.06. The number of aromatic nitrogens is 1. The molecule has 0 aliphatic heterocycles. The van der Waals surface area contributed by atoms with Crippen molar-refractivity contribution in [3.8, 4) is 0 Å². The van der Waals surface area contributed by atoms with Crippen LogP contribution < -0.4 is 0 Å². The zero-order valence-electron chi connectivity index (χ0n) is 12.3. The maximum absolute atomic E-state index is 4.82. The van der Waals surface area contributed by atoms with Crippen LogP contribution >= 0.6 is 11.3 Å². The van der Waals surface area contributed by atoms with E-state index < -0.39 is 0 Å². The molecule has 1 atom stereocenters. The first kappa shape index (κ1) is 14.0. The average molecular weight is 293 g/mol. The number of nitrogens with zero attached hydrogens (tertiary/aromatic N) is 1. The highest BCUT2D eigenvalue weighted by Gasteiger charge is 2.26. The molecule has 2 heteroatoms. The van der Waals surface area contributed by atoms with Crippen molar-refractivity contribution in [3.05, 3.63) is 77.8 Å². The number of hydrogen-bond acceptors (Lipinski definition) is 2. The van der Waals surface area contributed by atoms with Crippen LogP contribution in [0.25, 0.3) is 10.2 Å². The minimum atomic E-state index is -0.0699. The van der Waals surface area contributed by atoms with E-state index in [1.807, 2.05) is 12.1 Å². The van der Waals surface area contributed by atoms with E-state index in [1.54, 1.807) is 11.3 Å². The predicted octanol–water partition coefficient (Wildman–Crippen LogP) is 5.37. The summed E-state index contributed by atoms with van der Waals surface area (Å²) in [6, 6.07) is 18.9. The summed E-state index contributed by atoms with van der Waals surface area (Å²) in [6.07, 6.45) is 4.12. The Morgan fingerprint density at radius 3 is 2.52 bits per heavy atom. The van der Waals surface area contributed by atoms with Gasteiger partial charge in [0.15, 0.2) is 0 Å². The fourth-order valence-electron chi connectivity index (χ4n) is 2.46. The number of benzene rings is 2. The molecule has 0 saturated heterocycles. The number of hydrogen-bond donors (Lipinski definition) is 0. The highest BCUT2D eigenvalue weighted by molar-refractivity contribution is 7.18. The van der Waals surface area contributed by atoms with Gasteiger partial charge in [-0.1, -0.05) is 48.5 Å². The van der Waals surface area contributed by atoms with Crippen molar-refractivity contribution in [1.29, 1.82) is 0 Å². The molecule has 0 aliphatic carbocycles. The van der Waals surface area contributed by atoms with Crippen molar-refractivity contribution in [2.24, 2.45) is 0 Å². The summed E-state index contributed by atoms with van der Waals surface area (Å²) in [6.45, 7) is 6.30. The summed E-state index contributed by atoms with van der Waals surface area (Å²) in [4.78, 5) is 4.82. The van der Waals surface area contributed by atoms with Crippen LogP contribution in [0.3, 0.4) is 0 Å². The molecule has 106 valence electrons. The third-order valence-electron chi connectivity index (χ3n) is 4.01. The highest BCUT2D eigenvalue weighted by atomic mass is 32.1. The second-order valence-corrected chi connectivity index (χ2v) is 6.62. The van der Waals surface area contributed by atoms with E-state index in [4.69, 9.17) is 4.98 Å². The molecule has 3 aromatic rings. The Labute approximate surface area is 130 Å². The molecule has 0 spiro atoms. The number of thiazole rings is 1. The fraction of sp³-hybridized carbons (Fsp3) is 0.211. The summed E-state index contributed by atoms with van der Waals surface area (Å²) < 4.78 is 1.25. The van der Waals surface area contributed by atoms with Crippen LogP contribution in [0.15, 0.2) is 67.3 Å². The van der Waals surface area contributed by atoms with E-state index in [0.29, 0.717) is 0 Å². The predicted molar refractivity (Wildman–Crippen MR) is 91.9 cm³/mol. The van der Waals surface area contributed by atoms with Crippen LogP contribution in [0, 0.1) is 0 Å². The molecule has 0 amide bonds. The minimum Gasteiger partial charge on any atom is -0.240 e. The quantitative estimate of drug-likeness (QED) is 0.576. The molecule has 1 nitrogen and oxygen atoms in total. The largest absolute Gasteiger partial charge is 0.240 e. The summed E-state index contributed by atoms with van der Waals surface area (Å²) in [7, 11) is 0. The molecule has 0 aliphatic rings. The Kier molecular flexibility index (Phi) is 3.89. The first-order chi connectivity index (χ1) is 10.2. The zero-order chi connectivity index (χ0) is 14.7. The van der Waals surface area contributed by atoms with Crippen LogP contribution in [-0.4, -0.2) is 4.98 Å². The van der Waals surface area contributed by atoms with Crippen LogP contribution in [0.1, 0.15) is 23.9 Å². The third-order valence-corrected chi connectivity index (χ3v) is 5.32. The molecule has 0 N–H and O–H groups in total. The number of para-hydroxylation sites is 1. The van der Waals surface area contributed by atoms with E-state index in [2.05, 4.69) is 62.0 Å². The Bertz CT molecular complexity index is 711. The van der Waals surface area contributed by atoms with E-state index >= 15 is 0 Å². The molecule has 2 aromatic carbocycles. The van der Waals surface area contributed by atoms with Gasteiger partial charge in [0.1, 0.15) is 5.01 Å². The van der Waals surface area contributed by atoms with E-state index in [0.717, 1.165) is 23.4 Å². The maximum atomic E-state index is 4.82. The zero-order valence-corrected chi connectivity index (χ0v) is 13.1. The number of allylic oxidation sites excluding steroid dienone is 1. The third kappa shape index (κ3) is 2.91. The molecule has 0 fully saturated rings. The van der Waals surface area contributed by atoms with Crippen LogP contribution in [0.4, 0.5) is 0 Å². The second-order valence-electron chi connectivity index (χ2n) is 5.59. The van der Waals surface area contributed by atoms with Gasteiger partial charge in [0.25, 0.3) is 0 Å². The van der Waals surface area contributed by atoms with E-state index in [-0.39, 0.29) is 5.41 Å². The van der Waals surface area contributed by atoms with Gasteiger partial charge in [-0.25, -0.2) is 4.98 Å². The number of fused-ring (bicyclic) bond motifs is 1. The lowest BCUT2D eigenvalue weighted by atomic mass is 9.85. The molecular formula is C19H19NS. The monoisotopic (exact) mass is 293 g/mol. The topological polar surface area (TPSA) is 12.9 Å². The van der Waals surface area contributed by atoms with Crippen LogP contribution in [0.5, 0.6) is 0 Å². The molecular weight excluding hydrogens is 274 g/mol. The summed E-state index contributed by atoms with van der Waals surface area (Å²) in [5, 5.41) is 1.16. The van der Waals surface area contributed by atoms with Gasteiger partial charge >= 0.3 is 0 Å². The van der Waals surface area contributed by atoms with Gasteiger partial charge in [0.2, 0.25) is 0 Å². The molecule has 21 heavy (non-hydrogen) atoms. The summed E-state index contributed by atoms with van der Waals surface area (Å²) >= 11 is 1.78. The Morgan fingerprint density at radius 2 is 1.81 bits per heavy atom. The van der Waals surface area contributed by atoms with Crippen molar-refractivity contribution >= 4 is 21.6 Å². The molecule has 0 saturated carbocycles. The average Bonchev–Trinajstić information content (AvgIpc) is 2.98. The lowest BCUT2D eigenvalue weighted by molar-refractivity contribution is 0.538. The van der Waals surface area contributed by atoms with Gasteiger partial charge in [-0.3, -0.25) is 0 Å². The maximum Gasteiger partial charge on any atom is 0.103 e. The van der Waals surface area contributed by atoms with Gasteiger partial charge in [-0.05, 0) is 37.5 Å². The molecule has 3 rings (SSSR count). The van der Waals surface area contributed by atoms with E-state index in [9.17, 15) is 0 Å². The summed E-state index contributed by atoms with van der Waals surface area (Å²) in [5.74, 6) is 0. The lowest BCUT2D eigenvalue weighted by Crippen LogP contribution is -2.19. The number of aryl methyl sites for hydroxylation is 1. The van der Waals surface area contributed by atoms with Crippen LogP contribution in [0.2, 0.25) is 0 Å². The Morgan fingerprint density at radius 1 is 1.10 bits per heavy atom. The molecule has 0 bridgehead atoms. The lowest BCUT2D eigenvalue weighted by Gasteiger charge is -2.23. The number of rotatable bonds is 5. The van der Waals surface area contributed by atoms with Crippen molar-refractivity contribution in [1.82, 2.24) is 4.98 Å². The van der Waals surface area contributed by atoms with Gasteiger partial charge in [-0.15, -0.1) is 17.9 Å². The minimum absolute atomic E-state index is 0.0699. The normalized spacial score (nSPS) is 14.0. The van der Waals surface area contributed by atoms with Gasteiger partial charge in [0, 0.05) is 5.41 Å². The molecule has 0 radical (unpaired) electrons. The first-order valence-electron chi connectivity index (χ1n) is 7.25. The van der Waals surface area contributed by atoms with E-state index in [1.165, 1.54) is 10.3 Å². The second kappa shape index (κ2) is 5.82. The SMILES string of the molecule is C=C[C@@](C)(CCc1ccccc1)c1nc2ccccc2s1.